The molecule has 0 N–H and O–H groups in total. The molecule has 4 saturated carbocycles. The molecule has 4 aliphatic carbocycles. The standard InChI is InChI=1S/C14H16N2S/c15-6-12-7-16-14(17-12)13-10-2-8-1-9(4-10)5-11(13)3-8/h7-11,13H,1-5H2. The van der Waals surface area contributed by atoms with Crippen LogP contribution in [0.5, 0.6) is 0 Å². The Bertz CT molecular complexity index is 457. The van der Waals surface area contributed by atoms with Crippen LogP contribution in [0.1, 0.15) is 47.9 Å². The van der Waals surface area contributed by atoms with Crippen molar-refractivity contribution in [3.05, 3.63) is 16.1 Å². The Balaban J connectivity index is 1.68. The molecule has 0 aromatic carbocycles. The van der Waals surface area contributed by atoms with E-state index in [2.05, 4.69) is 11.1 Å². The van der Waals surface area contributed by atoms with E-state index in [-0.39, 0.29) is 0 Å². The quantitative estimate of drug-likeness (QED) is 0.757. The highest BCUT2D eigenvalue weighted by Gasteiger charge is 2.49. The third kappa shape index (κ3) is 1.47. The van der Waals surface area contributed by atoms with E-state index in [9.17, 15) is 0 Å². The molecule has 0 spiro atoms. The molecule has 4 fully saturated rings. The van der Waals surface area contributed by atoms with E-state index >= 15 is 0 Å². The van der Waals surface area contributed by atoms with Crippen LogP contribution in [0.25, 0.3) is 0 Å². The second kappa shape index (κ2) is 3.55. The Labute approximate surface area is 106 Å². The van der Waals surface area contributed by atoms with Crippen LogP contribution in [0, 0.1) is 35.0 Å². The summed E-state index contributed by atoms with van der Waals surface area (Å²) in [6.45, 7) is 0. The second-order valence-corrected chi connectivity index (χ2v) is 7.19. The van der Waals surface area contributed by atoms with Gasteiger partial charge in [-0.3, -0.25) is 0 Å². The Morgan fingerprint density at radius 2 is 1.76 bits per heavy atom. The van der Waals surface area contributed by atoms with Crippen molar-refractivity contribution in [3.63, 3.8) is 0 Å². The zero-order valence-electron chi connectivity index (χ0n) is 9.80. The summed E-state index contributed by atoms with van der Waals surface area (Å²) in [4.78, 5) is 5.32. The molecule has 0 radical (unpaired) electrons. The van der Waals surface area contributed by atoms with Gasteiger partial charge in [-0.1, -0.05) is 0 Å². The maximum atomic E-state index is 8.92. The van der Waals surface area contributed by atoms with Crippen LogP contribution >= 0.6 is 11.3 Å². The predicted octanol–water partition coefficient (Wildman–Crippen LogP) is 3.55. The normalized spacial score (nSPS) is 42.6. The summed E-state index contributed by atoms with van der Waals surface area (Å²) in [5, 5.41) is 10.2. The fourth-order valence-corrected chi connectivity index (χ4v) is 5.82. The van der Waals surface area contributed by atoms with E-state index in [4.69, 9.17) is 5.26 Å². The molecule has 88 valence electrons. The van der Waals surface area contributed by atoms with E-state index in [1.165, 1.54) is 37.1 Å². The number of hydrogen-bond donors (Lipinski definition) is 0. The lowest BCUT2D eigenvalue weighted by atomic mass is 9.52. The largest absolute Gasteiger partial charge is 0.248 e. The van der Waals surface area contributed by atoms with Crippen molar-refractivity contribution >= 4 is 11.3 Å². The molecule has 0 aliphatic heterocycles. The highest BCUT2D eigenvalue weighted by atomic mass is 32.1. The van der Waals surface area contributed by atoms with Crippen molar-refractivity contribution < 1.29 is 0 Å². The molecule has 0 saturated heterocycles. The summed E-state index contributed by atoms with van der Waals surface area (Å²) >= 11 is 1.64. The van der Waals surface area contributed by atoms with E-state index in [1.807, 2.05) is 0 Å². The lowest BCUT2D eigenvalue weighted by molar-refractivity contribution is -0.00283. The van der Waals surface area contributed by atoms with E-state index < -0.39 is 0 Å². The molecule has 4 aliphatic rings. The van der Waals surface area contributed by atoms with Crippen molar-refractivity contribution in [2.75, 3.05) is 0 Å². The first-order valence-corrected chi connectivity index (χ1v) is 7.51. The molecule has 3 heteroatoms. The SMILES string of the molecule is N#Cc1cnc(C2C3CC4CC(C3)CC2C4)s1. The van der Waals surface area contributed by atoms with Gasteiger partial charge >= 0.3 is 0 Å². The van der Waals surface area contributed by atoms with Gasteiger partial charge in [0.05, 0.1) is 11.2 Å². The monoisotopic (exact) mass is 244 g/mol. The van der Waals surface area contributed by atoms with Crippen LogP contribution in [0.2, 0.25) is 0 Å². The molecular weight excluding hydrogens is 228 g/mol. The highest BCUT2D eigenvalue weighted by Crippen LogP contribution is 2.60. The number of hydrogen-bond acceptors (Lipinski definition) is 3. The summed E-state index contributed by atoms with van der Waals surface area (Å²) in [5.74, 6) is 4.48. The summed E-state index contributed by atoms with van der Waals surface area (Å²) in [7, 11) is 0. The first-order chi connectivity index (χ1) is 8.33. The molecular formula is C14H16N2S. The highest BCUT2D eigenvalue weighted by molar-refractivity contribution is 7.12. The number of rotatable bonds is 1. The minimum absolute atomic E-state index is 0.690. The van der Waals surface area contributed by atoms with Gasteiger partial charge in [0, 0.05) is 5.92 Å². The summed E-state index contributed by atoms with van der Waals surface area (Å²) in [6.07, 6.45) is 8.99. The smallest absolute Gasteiger partial charge is 0.124 e. The van der Waals surface area contributed by atoms with Crippen LogP contribution in [-0.4, -0.2) is 4.98 Å². The van der Waals surface area contributed by atoms with Crippen LogP contribution in [0.3, 0.4) is 0 Å². The van der Waals surface area contributed by atoms with E-state index in [0.717, 1.165) is 28.5 Å². The minimum atomic E-state index is 0.690. The first-order valence-electron chi connectivity index (χ1n) is 6.69. The van der Waals surface area contributed by atoms with Crippen molar-refractivity contribution in [2.45, 2.75) is 38.0 Å². The molecule has 17 heavy (non-hydrogen) atoms. The fourth-order valence-electron chi connectivity index (χ4n) is 4.82. The van der Waals surface area contributed by atoms with Crippen molar-refractivity contribution in [1.82, 2.24) is 4.98 Å². The summed E-state index contributed by atoms with van der Waals surface area (Å²) in [5.41, 5.74) is 0. The van der Waals surface area contributed by atoms with Gasteiger partial charge in [0.15, 0.2) is 0 Å². The molecule has 0 amide bonds. The summed E-state index contributed by atoms with van der Waals surface area (Å²) < 4.78 is 0. The maximum absolute atomic E-state index is 8.92. The van der Waals surface area contributed by atoms with Gasteiger partial charge in [-0.2, -0.15) is 5.26 Å². The van der Waals surface area contributed by atoms with Gasteiger partial charge in [0.2, 0.25) is 0 Å². The van der Waals surface area contributed by atoms with Gasteiger partial charge in [0.25, 0.3) is 0 Å². The fraction of sp³-hybridized carbons (Fsp3) is 0.714. The molecule has 1 aromatic rings. The van der Waals surface area contributed by atoms with E-state index in [0.29, 0.717) is 5.92 Å². The average Bonchev–Trinajstić information content (AvgIpc) is 2.76. The predicted molar refractivity (Wildman–Crippen MR) is 66.6 cm³/mol. The van der Waals surface area contributed by atoms with Gasteiger partial charge in [0.1, 0.15) is 10.9 Å². The topological polar surface area (TPSA) is 36.7 Å². The minimum Gasteiger partial charge on any atom is -0.248 e. The molecule has 4 bridgehead atoms. The third-order valence-electron chi connectivity index (χ3n) is 5.15. The zero-order valence-corrected chi connectivity index (χ0v) is 10.6. The second-order valence-electron chi connectivity index (χ2n) is 6.13. The first kappa shape index (κ1) is 10.1. The third-order valence-corrected chi connectivity index (χ3v) is 6.15. The van der Waals surface area contributed by atoms with Gasteiger partial charge in [-0.25, -0.2) is 4.98 Å². The molecule has 0 atom stereocenters. The number of nitriles is 1. The average molecular weight is 244 g/mol. The van der Waals surface area contributed by atoms with Crippen molar-refractivity contribution in [3.8, 4) is 6.07 Å². The summed E-state index contributed by atoms with van der Waals surface area (Å²) in [6, 6.07) is 2.23. The molecule has 1 heterocycles. The van der Waals surface area contributed by atoms with Crippen LogP contribution < -0.4 is 0 Å². The van der Waals surface area contributed by atoms with Crippen LogP contribution in [0.4, 0.5) is 0 Å². The molecule has 1 aromatic heterocycles. The lowest BCUT2D eigenvalue weighted by Crippen LogP contribution is -2.43. The van der Waals surface area contributed by atoms with E-state index in [1.54, 1.807) is 17.5 Å². The Kier molecular flexibility index (Phi) is 2.11. The Morgan fingerprint density at radius 3 is 2.29 bits per heavy atom. The lowest BCUT2D eigenvalue weighted by Gasteiger charge is -2.53. The van der Waals surface area contributed by atoms with Gasteiger partial charge < -0.3 is 0 Å². The van der Waals surface area contributed by atoms with Crippen molar-refractivity contribution in [2.24, 2.45) is 23.7 Å². The Morgan fingerprint density at radius 1 is 1.12 bits per heavy atom. The van der Waals surface area contributed by atoms with Crippen molar-refractivity contribution in [1.29, 1.82) is 5.26 Å². The number of nitrogens with zero attached hydrogens (tertiary/aromatic N) is 2. The molecule has 2 nitrogen and oxygen atoms in total. The molecule has 5 rings (SSSR count). The van der Waals surface area contributed by atoms with Crippen LogP contribution in [0.15, 0.2) is 6.20 Å². The maximum Gasteiger partial charge on any atom is 0.124 e. The molecule has 0 unspecified atom stereocenters. The van der Waals surface area contributed by atoms with Crippen LogP contribution in [-0.2, 0) is 0 Å². The number of aromatic nitrogens is 1. The van der Waals surface area contributed by atoms with Gasteiger partial charge in [-0.15, -0.1) is 11.3 Å². The Hall–Kier alpha value is -0.880. The number of thiazole rings is 1. The zero-order chi connectivity index (χ0) is 11.4. The van der Waals surface area contributed by atoms with Gasteiger partial charge in [-0.05, 0) is 55.8 Å².